The largest absolute Gasteiger partial charge is 0.489 e. The first kappa shape index (κ1) is 22.5. The number of nitriles is 1. The summed E-state index contributed by atoms with van der Waals surface area (Å²) in [7, 11) is -4.13. The summed E-state index contributed by atoms with van der Waals surface area (Å²) in [5, 5.41) is 12.6. The molecule has 0 radical (unpaired) electrons. The Morgan fingerprint density at radius 3 is 2.71 bits per heavy atom. The Bertz CT molecular complexity index is 1110. The summed E-state index contributed by atoms with van der Waals surface area (Å²) in [4.78, 5) is 14.5. The van der Waals surface area contributed by atoms with Crippen LogP contribution in [0.2, 0.25) is 0 Å². The zero-order chi connectivity index (χ0) is 22.8. The summed E-state index contributed by atoms with van der Waals surface area (Å²) in [6.45, 7) is 0.974. The molecule has 1 amide bonds. The van der Waals surface area contributed by atoms with Gasteiger partial charge in [0.1, 0.15) is 4.90 Å². The van der Waals surface area contributed by atoms with Crippen molar-refractivity contribution in [1.82, 2.24) is 19.5 Å². The van der Waals surface area contributed by atoms with Gasteiger partial charge in [-0.2, -0.15) is 23.5 Å². The molecule has 2 atom stereocenters. The predicted molar refractivity (Wildman–Crippen MR) is 99.3 cm³/mol. The van der Waals surface area contributed by atoms with Crippen LogP contribution in [0.4, 0.5) is 13.2 Å². The van der Waals surface area contributed by atoms with Gasteiger partial charge in [0.2, 0.25) is 11.6 Å². The number of amides is 1. The number of halogens is 3. The van der Waals surface area contributed by atoms with E-state index in [1.165, 1.54) is 0 Å². The van der Waals surface area contributed by atoms with Gasteiger partial charge >= 0.3 is 6.18 Å². The quantitative estimate of drug-likeness (QED) is 0.706. The number of nitrogens with zero attached hydrogens (tertiary/aromatic N) is 4. The van der Waals surface area contributed by atoms with Crippen LogP contribution in [0.5, 0.6) is 5.75 Å². The lowest BCUT2D eigenvalue weighted by atomic mass is 9.99. The summed E-state index contributed by atoms with van der Waals surface area (Å²) in [6.07, 6.45) is -0.697. The minimum atomic E-state index is -4.79. The predicted octanol–water partition coefficient (Wildman–Crippen LogP) is 2.43. The molecule has 1 aliphatic carbocycles. The number of pyridine rings is 1. The van der Waals surface area contributed by atoms with E-state index in [-0.39, 0.29) is 29.2 Å². The fraction of sp³-hybridized carbons (Fsp3) is 0.444. The van der Waals surface area contributed by atoms with E-state index in [9.17, 15) is 26.4 Å². The van der Waals surface area contributed by atoms with Crippen molar-refractivity contribution in [3.05, 3.63) is 30.2 Å². The number of hydrogen-bond donors (Lipinski definition) is 1. The van der Waals surface area contributed by atoms with E-state index in [1.807, 2.05) is 0 Å². The summed E-state index contributed by atoms with van der Waals surface area (Å²) >= 11 is 0. The van der Waals surface area contributed by atoms with E-state index in [4.69, 9.17) is 10.00 Å². The Morgan fingerprint density at radius 1 is 1.39 bits per heavy atom. The second-order valence-corrected chi connectivity index (χ2v) is 8.72. The molecule has 31 heavy (non-hydrogen) atoms. The molecule has 1 N–H and O–H groups in total. The van der Waals surface area contributed by atoms with Gasteiger partial charge in [0, 0.05) is 19.0 Å². The lowest BCUT2D eigenvalue weighted by molar-refractivity contribution is -0.142. The second kappa shape index (κ2) is 8.54. The number of alkyl halides is 3. The highest BCUT2D eigenvalue weighted by Crippen LogP contribution is 2.37. The van der Waals surface area contributed by atoms with Crippen LogP contribution in [0, 0.1) is 23.2 Å². The highest BCUT2D eigenvalue weighted by Gasteiger charge is 2.39. The van der Waals surface area contributed by atoms with Crippen LogP contribution in [0.15, 0.2) is 29.4 Å². The average Bonchev–Trinajstić information content (AvgIpc) is 3.31. The molecule has 0 spiro atoms. The van der Waals surface area contributed by atoms with Crippen LogP contribution in [0.1, 0.15) is 31.9 Å². The van der Waals surface area contributed by atoms with Crippen LogP contribution in [-0.2, 0) is 21.0 Å². The smallest absolute Gasteiger partial charge is 0.438 e. The number of aromatic nitrogens is 3. The van der Waals surface area contributed by atoms with Gasteiger partial charge in [0.15, 0.2) is 11.6 Å². The van der Waals surface area contributed by atoms with Crippen LogP contribution < -0.4 is 9.46 Å². The van der Waals surface area contributed by atoms with E-state index in [0.717, 1.165) is 42.6 Å². The highest BCUT2D eigenvalue weighted by atomic mass is 32.2. The fourth-order valence-electron chi connectivity index (χ4n) is 3.30. The van der Waals surface area contributed by atoms with Gasteiger partial charge in [0.25, 0.3) is 10.0 Å². The molecule has 0 aromatic carbocycles. The number of sulfonamides is 1. The average molecular weight is 457 g/mol. The molecule has 2 unspecified atom stereocenters. The Kier molecular flexibility index (Phi) is 6.21. The molecule has 166 valence electrons. The maximum Gasteiger partial charge on any atom is 0.438 e. The van der Waals surface area contributed by atoms with Crippen molar-refractivity contribution in [2.75, 3.05) is 6.61 Å². The minimum Gasteiger partial charge on any atom is -0.489 e. The third-order valence-electron chi connectivity index (χ3n) is 4.77. The van der Waals surface area contributed by atoms with Crippen molar-refractivity contribution in [3.8, 4) is 17.6 Å². The number of carbonyl (C=O) groups excluding carboxylic acids is 1. The first-order valence-corrected chi connectivity index (χ1v) is 10.7. The lowest BCUT2D eigenvalue weighted by Gasteiger charge is -2.14. The van der Waals surface area contributed by atoms with Gasteiger partial charge in [-0.3, -0.25) is 4.79 Å². The van der Waals surface area contributed by atoms with Crippen molar-refractivity contribution in [1.29, 1.82) is 5.26 Å². The van der Waals surface area contributed by atoms with Crippen molar-refractivity contribution < 1.29 is 31.1 Å². The Hall–Kier alpha value is -3.14. The molecular formula is C18H18F3N5O4S. The molecule has 1 fully saturated rings. The third kappa shape index (κ3) is 5.13. The molecule has 1 saturated carbocycles. The number of nitrogens with one attached hydrogen (secondary N) is 1. The Labute approximate surface area is 175 Å². The van der Waals surface area contributed by atoms with E-state index in [2.05, 4.69) is 16.2 Å². The molecule has 2 heterocycles. The molecule has 0 bridgehead atoms. The van der Waals surface area contributed by atoms with Gasteiger partial charge < -0.3 is 4.74 Å². The molecule has 2 aromatic rings. The first-order chi connectivity index (χ1) is 14.5. The van der Waals surface area contributed by atoms with E-state index in [1.54, 1.807) is 4.72 Å². The number of carbonyl (C=O) groups is 1. The normalized spacial score (nSPS) is 19.1. The van der Waals surface area contributed by atoms with Crippen LogP contribution in [0.25, 0.3) is 5.82 Å². The van der Waals surface area contributed by atoms with Crippen LogP contribution in [-0.4, -0.2) is 35.7 Å². The minimum absolute atomic E-state index is 0.0473. The van der Waals surface area contributed by atoms with E-state index < -0.39 is 33.6 Å². The molecule has 2 aromatic heterocycles. The van der Waals surface area contributed by atoms with Crippen LogP contribution >= 0.6 is 0 Å². The zero-order valence-electron chi connectivity index (χ0n) is 16.3. The van der Waals surface area contributed by atoms with Gasteiger partial charge in [-0.05, 0) is 25.0 Å². The van der Waals surface area contributed by atoms with Crippen molar-refractivity contribution in [2.24, 2.45) is 11.8 Å². The van der Waals surface area contributed by atoms with Crippen molar-refractivity contribution in [3.63, 3.8) is 0 Å². The second-order valence-electron chi connectivity index (χ2n) is 7.04. The molecular weight excluding hydrogens is 439 g/mol. The topological polar surface area (TPSA) is 127 Å². The van der Waals surface area contributed by atoms with Gasteiger partial charge in [0.05, 0.1) is 24.8 Å². The van der Waals surface area contributed by atoms with E-state index in [0.29, 0.717) is 12.8 Å². The number of ether oxygens (including phenoxy) is 1. The molecule has 9 nitrogen and oxygen atoms in total. The SMILES string of the molecule is CC(=O)NS(=O)(=O)c1ccc(-n2cc(OCC3CCCC3C#N)c(C(F)(F)F)n2)nc1. The molecule has 1 aliphatic rings. The van der Waals surface area contributed by atoms with Gasteiger partial charge in [-0.25, -0.2) is 22.8 Å². The summed E-state index contributed by atoms with van der Waals surface area (Å²) in [5.41, 5.74) is -1.25. The maximum atomic E-state index is 13.4. The third-order valence-corrected chi connectivity index (χ3v) is 6.19. The lowest BCUT2D eigenvalue weighted by Crippen LogP contribution is -2.28. The van der Waals surface area contributed by atoms with Gasteiger partial charge in [-0.1, -0.05) is 6.42 Å². The molecule has 0 saturated heterocycles. The summed E-state index contributed by atoms with van der Waals surface area (Å²) in [5.74, 6) is -1.81. The maximum absolute atomic E-state index is 13.4. The monoisotopic (exact) mass is 457 g/mol. The summed E-state index contributed by atoms with van der Waals surface area (Å²) in [6, 6.07) is 4.38. The molecule has 0 aliphatic heterocycles. The molecule has 13 heteroatoms. The number of hydrogen-bond acceptors (Lipinski definition) is 7. The summed E-state index contributed by atoms with van der Waals surface area (Å²) < 4.78 is 72.1. The Balaban J connectivity index is 1.85. The van der Waals surface area contributed by atoms with Crippen molar-refractivity contribution >= 4 is 15.9 Å². The Morgan fingerprint density at radius 2 is 2.13 bits per heavy atom. The van der Waals surface area contributed by atoms with Crippen molar-refractivity contribution in [2.45, 2.75) is 37.3 Å². The standard InChI is InChI=1S/C18H18F3N5O4S/c1-11(27)25-31(28,29)14-5-6-16(23-8-14)26-9-15(17(24-26)18(19,20)21)30-10-13-4-2-3-12(13)7-22/h5-6,8-9,12-13H,2-4,10H2,1H3,(H,25,27). The fourth-order valence-corrected chi connectivity index (χ4v) is 4.23. The molecule has 3 rings (SSSR count). The van der Waals surface area contributed by atoms with E-state index >= 15 is 0 Å². The first-order valence-electron chi connectivity index (χ1n) is 9.20. The zero-order valence-corrected chi connectivity index (χ0v) is 17.1. The van der Waals surface area contributed by atoms with Gasteiger partial charge in [-0.15, -0.1) is 0 Å². The van der Waals surface area contributed by atoms with Crippen LogP contribution in [0.3, 0.4) is 0 Å². The highest BCUT2D eigenvalue weighted by molar-refractivity contribution is 7.90. The number of rotatable bonds is 6.